The summed E-state index contributed by atoms with van der Waals surface area (Å²) in [4.78, 5) is 15.7. The monoisotopic (exact) mass is 235 g/mol. The van der Waals surface area contributed by atoms with Gasteiger partial charge in [0.15, 0.2) is 0 Å². The first kappa shape index (κ1) is 13.5. The molecule has 0 aliphatic heterocycles. The smallest absolute Gasteiger partial charge is 0.253 e. The molecule has 1 rings (SSSR count). The Morgan fingerprint density at radius 1 is 1.18 bits per heavy atom. The van der Waals surface area contributed by atoms with Crippen molar-refractivity contribution < 1.29 is 4.79 Å². The van der Waals surface area contributed by atoms with Gasteiger partial charge in [-0.2, -0.15) is 0 Å². The van der Waals surface area contributed by atoms with Crippen molar-refractivity contribution >= 4 is 11.6 Å². The Kier molecular flexibility index (Phi) is 4.97. The minimum Gasteiger partial charge on any atom is -0.378 e. The molecule has 0 atom stereocenters. The fraction of sp³-hybridized carbons (Fsp3) is 0.462. The van der Waals surface area contributed by atoms with Crippen molar-refractivity contribution in [1.82, 2.24) is 4.90 Å². The molecule has 0 radical (unpaired) electrons. The zero-order chi connectivity index (χ0) is 12.8. The Hall–Kier alpha value is -1.55. The number of rotatable bonds is 5. The van der Waals surface area contributed by atoms with E-state index in [0.29, 0.717) is 13.1 Å². The molecule has 4 heteroatoms. The SMILES string of the molecule is CN(CCCN)C(=O)c1ccc(N(C)C)cc1. The number of anilines is 1. The summed E-state index contributed by atoms with van der Waals surface area (Å²) < 4.78 is 0. The molecule has 0 unspecified atom stereocenters. The standard InChI is InChI=1S/C13H21N3O/c1-15(2)12-7-5-11(6-8-12)13(17)16(3)10-4-9-14/h5-8H,4,9-10,14H2,1-3H3. The molecular formula is C13H21N3O. The molecule has 0 bridgehead atoms. The van der Waals surface area contributed by atoms with E-state index >= 15 is 0 Å². The minimum atomic E-state index is 0.0451. The van der Waals surface area contributed by atoms with Gasteiger partial charge in [-0.05, 0) is 37.2 Å². The summed E-state index contributed by atoms with van der Waals surface area (Å²) in [5, 5.41) is 0. The molecule has 0 heterocycles. The number of hydrogen-bond acceptors (Lipinski definition) is 3. The van der Waals surface area contributed by atoms with Gasteiger partial charge in [0.2, 0.25) is 0 Å². The predicted molar refractivity (Wildman–Crippen MR) is 71.4 cm³/mol. The van der Waals surface area contributed by atoms with Crippen LogP contribution >= 0.6 is 0 Å². The number of nitrogens with two attached hydrogens (primary N) is 1. The van der Waals surface area contributed by atoms with E-state index in [2.05, 4.69) is 0 Å². The van der Waals surface area contributed by atoms with Gasteiger partial charge < -0.3 is 15.5 Å². The zero-order valence-corrected chi connectivity index (χ0v) is 10.8. The van der Waals surface area contributed by atoms with Crippen LogP contribution in [0.5, 0.6) is 0 Å². The molecule has 17 heavy (non-hydrogen) atoms. The van der Waals surface area contributed by atoms with Gasteiger partial charge in [0.05, 0.1) is 0 Å². The van der Waals surface area contributed by atoms with E-state index in [0.717, 1.165) is 17.7 Å². The lowest BCUT2D eigenvalue weighted by Crippen LogP contribution is -2.28. The lowest BCUT2D eigenvalue weighted by Gasteiger charge is -2.17. The van der Waals surface area contributed by atoms with Gasteiger partial charge in [-0.3, -0.25) is 4.79 Å². The van der Waals surface area contributed by atoms with Gasteiger partial charge in [-0.15, -0.1) is 0 Å². The maximum Gasteiger partial charge on any atom is 0.253 e. The second-order valence-electron chi connectivity index (χ2n) is 4.31. The normalized spacial score (nSPS) is 10.1. The lowest BCUT2D eigenvalue weighted by atomic mass is 10.1. The van der Waals surface area contributed by atoms with Crippen molar-refractivity contribution in [3.63, 3.8) is 0 Å². The number of carbonyl (C=O) groups excluding carboxylic acids is 1. The van der Waals surface area contributed by atoms with Crippen LogP contribution in [0.4, 0.5) is 5.69 Å². The molecule has 2 N–H and O–H groups in total. The molecule has 4 nitrogen and oxygen atoms in total. The molecule has 0 saturated heterocycles. The van der Waals surface area contributed by atoms with E-state index in [1.54, 1.807) is 11.9 Å². The van der Waals surface area contributed by atoms with E-state index < -0.39 is 0 Å². The first-order valence-corrected chi connectivity index (χ1v) is 5.79. The molecule has 1 aromatic carbocycles. The number of nitrogens with zero attached hydrogens (tertiary/aromatic N) is 2. The Morgan fingerprint density at radius 2 is 1.76 bits per heavy atom. The molecule has 0 aliphatic rings. The Morgan fingerprint density at radius 3 is 2.24 bits per heavy atom. The van der Waals surface area contributed by atoms with Gasteiger partial charge in [0, 0.05) is 38.9 Å². The highest BCUT2D eigenvalue weighted by molar-refractivity contribution is 5.94. The van der Waals surface area contributed by atoms with E-state index in [-0.39, 0.29) is 5.91 Å². The second kappa shape index (κ2) is 6.25. The molecule has 0 saturated carbocycles. The quantitative estimate of drug-likeness (QED) is 0.833. The van der Waals surface area contributed by atoms with Crippen LogP contribution in [0, 0.1) is 0 Å². The summed E-state index contributed by atoms with van der Waals surface area (Å²) in [5.74, 6) is 0.0451. The van der Waals surface area contributed by atoms with Crippen LogP contribution in [0.15, 0.2) is 24.3 Å². The first-order valence-electron chi connectivity index (χ1n) is 5.79. The van der Waals surface area contributed by atoms with Crippen LogP contribution in [0.3, 0.4) is 0 Å². The van der Waals surface area contributed by atoms with Crippen molar-refractivity contribution in [1.29, 1.82) is 0 Å². The molecule has 94 valence electrons. The third-order valence-electron chi connectivity index (χ3n) is 2.67. The summed E-state index contributed by atoms with van der Waals surface area (Å²) in [6.07, 6.45) is 0.831. The van der Waals surface area contributed by atoms with Gasteiger partial charge in [-0.1, -0.05) is 0 Å². The van der Waals surface area contributed by atoms with Crippen molar-refractivity contribution in [3.8, 4) is 0 Å². The van der Waals surface area contributed by atoms with Crippen molar-refractivity contribution in [2.75, 3.05) is 39.1 Å². The molecule has 1 amide bonds. The van der Waals surface area contributed by atoms with Crippen LogP contribution in [-0.4, -0.2) is 45.0 Å². The van der Waals surface area contributed by atoms with Gasteiger partial charge >= 0.3 is 0 Å². The third-order valence-corrected chi connectivity index (χ3v) is 2.67. The molecule has 0 aromatic heterocycles. The Bertz CT molecular complexity index is 359. The summed E-state index contributed by atoms with van der Waals surface area (Å²) in [7, 11) is 5.76. The highest BCUT2D eigenvalue weighted by Gasteiger charge is 2.10. The van der Waals surface area contributed by atoms with Crippen LogP contribution in [0.1, 0.15) is 16.8 Å². The lowest BCUT2D eigenvalue weighted by molar-refractivity contribution is 0.0794. The largest absolute Gasteiger partial charge is 0.378 e. The summed E-state index contributed by atoms with van der Waals surface area (Å²) >= 11 is 0. The second-order valence-corrected chi connectivity index (χ2v) is 4.31. The topological polar surface area (TPSA) is 49.6 Å². The van der Waals surface area contributed by atoms with Gasteiger partial charge in [-0.25, -0.2) is 0 Å². The number of amides is 1. The molecular weight excluding hydrogens is 214 g/mol. The zero-order valence-electron chi connectivity index (χ0n) is 10.8. The average Bonchev–Trinajstić information content (AvgIpc) is 2.35. The summed E-state index contributed by atoms with van der Waals surface area (Å²) in [6.45, 7) is 1.31. The Balaban J connectivity index is 2.69. The number of carbonyl (C=O) groups is 1. The molecule has 0 aliphatic carbocycles. The van der Waals surface area contributed by atoms with Crippen molar-refractivity contribution in [3.05, 3.63) is 29.8 Å². The maximum atomic E-state index is 12.0. The highest BCUT2D eigenvalue weighted by Crippen LogP contribution is 2.13. The highest BCUT2D eigenvalue weighted by atomic mass is 16.2. The first-order chi connectivity index (χ1) is 8.06. The molecule has 1 aromatic rings. The number of hydrogen-bond donors (Lipinski definition) is 1. The van der Waals surface area contributed by atoms with E-state index in [1.807, 2.05) is 43.3 Å². The van der Waals surface area contributed by atoms with Crippen LogP contribution in [0.25, 0.3) is 0 Å². The average molecular weight is 235 g/mol. The number of benzene rings is 1. The maximum absolute atomic E-state index is 12.0. The summed E-state index contributed by atoms with van der Waals surface area (Å²) in [6, 6.07) is 7.61. The fourth-order valence-corrected chi connectivity index (χ4v) is 1.55. The Labute approximate surface area is 103 Å². The van der Waals surface area contributed by atoms with Gasteiger partial charge in [0.1, 0.15) is 0 Å². The summed E-state index contributed by atoms with van der Waals surface area (Å²) in [5.41, 5.74) is 7.23. The van der Waals surface area contributed by atoms with Gasteiger partial charge in [0.25, 0.3) is 5.91 Å². The van der Waals surface area contributed by atoms with Crippen LogP contribution in [0.2, 0.25) is 0 Å². The van der Waals surface area contributed by atoms with Crippen LogP contribution in [-0.2, 0) is 0 Å². The van der Waals surface area contributed by atoms with Crippen molar-refractivity contribution in [2.24, 2.45) is 5.73 Å². The minimum absolute atomic E-state index is 0.0451. The van der Waals surface area contributed by atoms with E-state index in [1.165, 1.54) is 0 Å². The van der Waals surface area contributed by atoms with Crippen molar-refractivity contribution in [2.45, 2.75) is 6.42 Å². The molecule has 0 spiro atoms. The van der Waals surface area contributed by atoms with E-state index in [4.69, 9.17) is 5.73 Å². The third kappa shape index (κ3) is 3.75. The van der Waals surface area contributed by atoms with E-state index in [9.17, 15) is 4.79 Å². The van der Waals surface area contributed by atoms with Crippen LogP contribution < -0.4 is 10.6 Å². The fourth-order valence-electron chi connectivity index (χ4n) is 1.55. The predicted octanol–water partition coefficient (Wildman–Crippen LogP) is 1.17. The molecule has 0 fully saturated rings.